The minimum absolute atomic E-state index is 0.116. The van der Waals surface area contributed by atoms with E-state index in [0.29, 0.717) is 5.76 Å². The first-order chi connectivity index (χ1) is 6.81. The van der Waals surface area contributed by atoms with E-state index >= 15 is 0 Å². The topological polar surface area (TPSA) is 39.4 Å². The van der Waals surface area contributed by atoms with Crippen molar-refractivity contribution in [2.45, 2.75) is 6.61 Å². The number of benzene rings is 1. The maximum Gasteiger partial charge on any atom is 0.417 e. The molecule has 3 nitrogen and oxygen atoms in total. The smallest absolute Gasteiger partial charge is 0.417 e. The predicted octanol–water partition coefficient (Wildman–Crippen LogP) is 2.78. The van der Waals surface area contributed by atoms with Crippen LogP contribution in [0.4, 0.5) is 0 Å². The Balaban J connectivity index is 2.41. The molecular weight excluding hydrogens is 248 g/mol. The van der Waals surface area contributed by atoms with E-state index in [0.717, 1.165) is 15.4 Å². The van der Waals surface area contributed by atoms with E-state index in [1.165, 1.54) is 6.47 Å². The summed E-state index contributed by atoms with van der Waals surface area (Å²) < 4.78 is 10.8. The SMILES string of the molecule is O=[C]OCc1cc2cccc(Br)c2o1. The molecule has 1 aromatic carbocycles. The van der Waals surface area contributed by atoms with Gasteiger partial charge in [0.2, 0.25) is 0 Å². The molecule has 0 saturated carbocycles. The quantitative estimate of drug-likeness (QED) is 0.845. The molecule has 2 rings (SSSR count). The number of ether oxygens (including phenoxy) is 1. The molecule has 0 amide bonds. The van der Waals surface area contributed by atoms with E-state index in [9.17, 15) is 4.79 Å². The zero-order valence-electron chi connectivity index (χ0n) is 7.12. The van der Waals surface area contributed by atoms with Gasteiger partial charge < -0.3 is 9.15 Å². The second-order valence-electron chi connectivity index (χ2n) is 2.74. The van der Waals surface area contributed by atoms with Gasteiger partial charge in [-0.05, 0) is 28.1 Å². The lowest BCUT2D eigenvalue weighted by Crippen LogP contribution is -1.85. The second-order valence-corrected chi connectivity index (χ2v) is 3.60. The molecule has 14 heavy (non-hydrogen) atoms. The zero-order chi connectivity index (χ0) is 9.97. The second kappa shape index (κ2) is 3.84. The van der Waals surface area contributed by atoms with Gasteiger partial charge in [-0.2, -0.15) is 0 Å². The molecule has 0 unspecified atom stereocenters. The maximum atomic E-state index is 9.86. The van der Waals surface area contributed by atoms with Crippen molar-refractivity contribution in [2.24, 2.45) is 0 Å². The number of hydrogen-bond acceptors (Lipinski definition) is 3. The first-order valence-electron chi connectivity index (χ1n) is 3.97. The number of furan rings is 1. The molecule has 0 bridgehead atoms. The van der Waals surface area contributed by atoms with Crippen molar-refractivity contribution in [3.63, 3.8) is 0 Å². The molecule has 0 aliphatic rings. The lowest BCUT2D eigenvalue weighted by molar-refractivity contribution is 0.242. The standard InChI is InChI=1S/C10H6BrO3/c11-9-3-1-2-7-4-8(5-13-6-12)14-10(7)9/h1-4H,5H2. The number of rotatable bonds is 3. The van der Waals surface area contributed by atoms with Crippen molar-refractivity contribution in [3.8, 4) is 0 Å². The summed E-state index contributed by atoms with van der Waals surface area (Å²) in [4.78, 5) is 9.86. The van der Waals surface area contributed by atoms with Crippen LogP contribution in [0.3, 0.4) is 0 Å². The Hall–Kier alpha value is -1.29. The van der Waals surface area contributed by atoms with Gasteiger partial charge in [-0.25, -0.2) is 4.79 Å². The summed E-state index contributed by atoms with van der Waals surface area (Å²) in [6.45, 7) is 1.47. The van der Waals surface area contributed by atoms with Gasteiger partial charge in [-0.1, -0.05) is 12.1 Å². The maximum absolute atomic E-state index is 9.86. The average Bonchev–Trinajstić information content (AvgIpc) is 2.59. The largest absolute Gasteiger partial charge is 0.456 e. The minimum Gasteiger partial charge on any atom is -0.456 e. The highest BCUT2D eigenvalue weighted by Crippen LogP contribution is 2.26. The van der Waals surface area contributed by atoms with E-state index in [1.54, 1.807) is 0 Å². The molecule has 2 aromatic rings. The van der Waals surface area contributed by atoms with Crippen molar-refractivity contribution in [2.75, 3.05) is 0 Å². The van der Waals surface area contributed by atoms with Gasteiger partial charge >= 0.3 is 6.47 Å². The van der Waals surface area contributed by atoms with Gasteiger partial charge in [-0.15, -0.1) is 0 Å². The molecule has 1 aromatic heterocycles. The van der Waals surface area contributed by atoms with Gasteiger partial charge in [0.25, 0.3) is 0 Å². The number of fused-ring (bicyclic) bond motifs is 1. The highest BCUT2D eigenvalue weighted by molar-refractivity contribution is 9.10. The minimum atomic E-state index is 0.116. The van der Waals surface area contributed by atoms with E-state index in [1.807, 2.05) is 24.3 Å². The van der Waals surface area contributed by atoms with Gasteiger partial charge in [-0.3, -0.25) is 0 Å². The third-order valence-corrected chi connectivity index (χ3v) is 2.44. The number of hydrogen-bond donors (Lipinski definition) is 0. The molecule has 0 atom stereocenters. The normalized spacial score (nSPS) is 10.4. The van der Waals surface area contributed by atoms with Crippen LogP contribution in [0.15, 0.2) is 33.2 Å². The summed E-state index contributed by atoms with van der Waals surface area (Å²) in [6, 6.07) is 7.57. The summed E-state index contributed by atoms with van der Waals surface area (Å²) in [6.07, 6.45) is 0. The summed E-state index contributed by atoms with van der Waals surface area (Å²) in [5.41, 5.74) is 0.761. The predicted molar refractivity (Wildman–Crippen MR) is 54.4 cm³/mol. The van der Waals surface area contributed by atoms with Crippen LogP contribution in [0.2, 0.25) is 0 Å². The van der Waals surface area contributed by atoms with Crippen molar-refractivity contribution in [3.05, 3.63) is 34.5 Å². The molecule has 0 aliphatic carbocycles. The molecule has 0 spiro atoms. The van der Waals surface area contributed by atoms with Crippen molar-refractivity contribution >= 4 is 33.4 Å². The third kappa shape index (κ3) is 1.65. The first-order valence-corrected chi connectivity index (χ1v) is 4.76. The van der Waals surface area contributed by atoms with Crippen LogP contribution in [-0.2, 0) is 16.1 Å². The number of carbonyl (C=O) groups excluding carboxylic acids is 1. The fourth-order valence-corrected chi connectivity index (χ4v) is 1.72. The summed E-state index contributed by atoms with van der Waals surface area (Å²) >= 11 is 3.37. The van der Waals surface area contributed by atoms with E-state index < -0.39 is 0 Å². The Bertz CT molecular complexity index is 461. The Morgan fingerprint density at radius 3 is 3.07 bits per heavy atom. The van der Waals surface area contributed by atoms with Crippen LogP contribution in [-0.4, -0.2) is 6.47 Å². The molecule has 71 valence electrons. The van der Waals surface area contributed by atoms with Gasteiger partial charge in [0, 0.05) is 5.39 Å². The average molecular weight is 254 g/mol. The Kier molecular flexibility index (Phi) is 2.54. The van der Waals surface area contributed by atoms with Crippen molar-refractivity contribution in [1.29, 1.82) is 0 Å². The van der Waals surface area contributed by atoms with Crippen LogP contribution < -0.4 is 0 Å². The molecule has 0 N–H and O–H groups in total. The number of para-hydroxylation sites is 1. The number of halogens is 1. The van der Waals surface area contributed by atoms with E-state index in [2.05, 4.69) is 20.7 Å². The van der Waals surface area contributed by atoms with Gasteiger partial charge in [0.05, 0.1) is 4.47 Å². The molecule has 0 saturated heterocycles. The first kappa shape index (κ1) is 9.27. The van der Waals surface area contributed by atoms with Crippen molar-refractivity contribution in [1.82, 2.24) is 0 Å². The molecule has 0 fully saturated rings. The lowest BCUT2D eigenvalue weighted by atomic mass is 10.2. The summed E-state index contributed by atoms with van der Waals surface area (Å²) in [5, 5.41) is 0.976. The van der Waals surface area contributed by atoms with Crippen molar-refractivity contribution < 1.29 is 13.9 Å². The molecule has 4 heteroatoms. The van der Waals surface area contributed by atoms with E-state index in [-0.39, 0.29) is 6.61 Å². The van der Waals surface area contributed by atoms with Crippen LogP contribution in [0.5, 0.6) is 0 Å². The fraction of sp³-hybridized carbons (Fsp3) is 0.100. The van der Waals surface area contributed by atoms with Crippen LogP contribution in [0.1, 0.15) is 5.76 Å². The Labute approximate surface area is 88.8 Å². The molecule has 0 aliphatic heterocycles. The molecular formula is C10H6BrO3. The zero-order valence-corrected chi connectivity index (χ0v) is 8.71. The molecule has 1 heterocycles. The summed E-state index contributed by atoms with van der Waals surface area (Å²) in [5.74, 6) is 0.607. The van der Waals surface area contributed by atoms with E-state index in [4.69, 9.17) is 4.42 Å². The highest BCUT2D eigenvalue weighted by Gasteiger charge is 2.06. The van der Waals surface area contributed by atoms with Gasteiger partial charge in [0.1, 0.15) is 18.0 Å². The Morgan fingerprint density at radius 1 is 1.50 bits per heavy atom. The summed E-state index contributed by atoms with van der Waals surface area (Å²) in [7, 11) is 0. The lowest BCUT2D eigenvalue weighted by Gasteiger charge is -1.91. The van der Waals surface area contributed by atoms with Crippen LogP contribution in [0, 0.1) is 0 Å². The highest BCUT2D eigenvalue weighted by atomic mass is 79.9. The van der Waals surface area contributed by atoms with Crippen LogP contribution >= 0.6 is 15.9 Å². The van der Waals surface area contributed by atoms with Crippen LogP contribution in [0.25, 0.3) is 11.0 Å². The Morgan fingerprint density at radius 2 is 2.36 bits per heavy atom. The monoisotopic (exact) mass is 253 g/mol. The van der Waals surface area contributed by atoms with Gasteiger partial charge in [0.15, 0.2) is 0 Å². The fourth-order valence-electron chi connectivity index (χ4n) is 1.25. The third-order valence-electron chi connectivity index (χ3n) is 1.82. The molecule has 1 radical (unpaired) electrons.